The van der Waals surface area contributed by atoms with Crippen LogP contribution in [0.2, 0.25) is 0 Å². The summed E-state index contributed by atoms with van der Waals surface area (Å²) in [5.74, 6) is 1.48. The molecule has 2 aromatic rings. The molecule has 1 aliphatic heterocycles. The second-order valence-electron chi connectivity index (χ2n) is 6.31. The van der Waals surface area contributed by atoms with E-state index in [1.807, 2.05) is 13.8 Å². The van der Waals surface area contributed by atoms with E-state index in [0.717, 1.165) is 21.6 Å². The minimum absolute atomic E-state index is 0.0416. The maximum Gasteiger partial charge on any atom is 0.150 e. The molecular formula is C15H21N3O3S2. The van der Waals surface area contributed by atoms with Crippen LogP contribution in [0.3, 0.4) is 0 Å². The number of hydrogen-bond donors (Lipinski definition) is 2. The summed E-state index contributed by atoms with van der Waals surface area (Å²) in [4.78, 5) is 11.1. The molecule has 8 heteroatoms. The van der Waals surface area contributed by atoms with Crippen LogP contribution in [0.5, 0.6) is 0 Å². The second kappa shape index (κ2) is 5.68. The summed E-state index contributed by atoms with van der Waals surface area (Å²) in [6, 6.07) is 0. The zero-order chi connectivity index (χ0) is 16.8. The monoisotopic (exact) mass is 355 g/mol. The Balaban J connectivity index is 1.85. The number of fused-ring (bicyclic) bond motifs is 1. The summed E-state index contributed by atoms with van der Waals surface area (Å²) >= 11 is 1.63. The molecule has 1 saturated heterocycles. The molecule has 0 aromatic carbocycles. The smallest absolute Gasteiger partial charge is 0.150 e. The van der Waals surface area contributed by atoms with E-state index in [-0.39, 0.29) is 24.3 Å². The van der Waals surface area contributed by atoms with E-state index in [4.69, 9.17) is 0 Å². The van der Waals surface area contributed by atoms with Gasteiger partial charge < -0.3 is 10.4 Å². The van der Waals surface area contributed by atoms with Gasteiger partial charge in [0.15, 0.2) is 9.84 Å². The summed E-state index contributed by atoms with van der Waals surface area (Å²) in [6.45, 7) is 6.24. The fourth-order valence-corrected chi connectivity index (χ4v) is 5.49. The molecule has 0 aliphatic carbocycles. The van der Waals surface area contributed by atoms with Crippen LogP contribution in [0.4, 0.5) is 5.82 Å². The van der Waals surface area contributed by atoms with Crippen LogP contribution in [0.25, 0.3) is 10.2 Å². The molecule has 6 nitrogen and oxygen atoms in total. The highest BCUT2D eigenvalue weighted by Crippen LogP contribution is 2.34. The molecule has 1 fully saturated rings. The molecule has 23 heavy (non-hydrogen) atoms. The van der Waals surface area contributed by atoms with Crippen molar-refractivity contribution in [2.75, 3.05) is 23.4 Å². The molecule has 0 bridgehead atoms. The van der Waals surface area contributed by atoms with Gasteiger partial charge in [0.05, 0.1) is 22.5 Å². The van der Waals surface area contributed by atoms with Gasteiger partial charge in [0.25, 0.3) is 0 Å². The van der Waals surface area contributed by atoms with Crippen molar-refractivity contribution in [1.29, 1.82) is 0 Å². The quantitative estimate of drug-likeness (QED) is 0.874. The molecule has 0 atom stereocenters. The first-order chi connectivity index (χ1) is 10.7. The molecule has 0 unspecified atom stereocenters. The molecule has 0 amide bonds. The van der Waals surface area contributed by atoms with E-state index in [1.165, 1.54) is 4.88 Å². The lowest BCUT2D eigenvalue weighted by atomic mass is 9.97. The largest absolute Gasteiger partial charge is 0.388 e. The fraction of sp³-hybridized carbons (Fsp3) is 0.600. The summed E-state index contributed by atoms with van der Waals surface area (Å²) in [5.41, 5.74) is 0.140. The zero-order valence-electron chi connectivity index (χ0n) is 13.5. The van der Waals surface area contributed by atoms with Gasteiger partial charge in [-0.3, -0.25) is 0 Å². The number of hydrogen-bond acceptors (Lipinski definition) is 7. The number of nitrogens with zero attached hydrogens (tertiary/aromatic N) is 2. The van der Waals surface area contributed by atoms with Gasteiger partial charge in [0.1, 0.15) is 16.5 Å². The van der Waals surface area contributed by atoms with Crippen LogP contribution in [-0.4, -0.2) is 47.1 Å². The van der Waals surface area contributed by atoms with E-state index in [0.29, 0.717) is 12.4 Å². The summed E-state index contributed by atoms with van der Waals surface area (Å²) < 4.78 is 23.1. The van der Waals surface area contributed by atoms with E-state index < -0.39 is 15.4 Å². The van der Waals surface area contributed by atoms with Crippen molar-refractivity contribution in [3.8, 4) is 0 Å². The molecule has 1 aliphatic rings. The van der Waals surface area contributed by atoms with Crippen molar-refractivity contribution in [3.05, 3.63) is 16.3 Å². The first kappa shape index (κ1) is 16.6. The molecular weight excluding hydrogens is 334 g/mol. The van der Waals surface area contributed by atoms with Gasteiger partial charge in [0.2, 0.25) is 0 Å². The van der Waals surface area contributed by atoms with Crippen molar-refractivity contribution in [2.24, 2.45) is 0 Å². The Bertz CT molecular complexity index is 844. The molecule has 0 spiro atoms. The van der Waals surface area contributed by atoms with Crippen LogP contribution in [0.15, 0.2) is 0 Å². The Morgan fingerprint density at radius 1 is 1.22 bits per heavy atom. The molecule has 3 heterocycles. The van der Waals surface area contributed by atoms with Crippen molar-refractivity contribution in [3.63, 3.8) is 0 Å². The Morgan fingerprint density at radius 2 is 1.87 bits per heavy atom. The summed E-state index contributed by atoms with van der Waals surface area (Å²) in [5, 5.41) is 14.8. The zero-order valence-corrected chi connectivity index (χ0v) is 15.1. The van der Waals surface area contributed by atoms with Gasteiger partial charge in [-0.05, 0) is 39.2 Å². The van der Waals surface area contributed by atoms with Crippen LogP contribution >= 0.6 is 11.3 Å². The lowest BCUT2D eigenvalue weighted by Crippen LogP contribution is -2.44. The van der Waals surface area contributed by atoms with E-state index in [2.05, 4.69) is 22.2 Å². The number of aryl methyl sites for hydroxylation is 3. The molecule has 2 aromatic heterocycles. The average Bonchev–Trinajstić information content (AvgIpc) is 2.75. The molecule has 0 radical (unpaired) electrons. The van der Waals surface area contributed by atoms with Crippen molar-refractivity contribution >= 4 is 37.2 Å². The summed E-state index contributed by atoms with van der Waals surface area (Å²) in [7, 11) is -2.99. The fourth-order valence-electron chi connectivity index (χ4n) is 2.83. The van der Waals surface area contributed by atoms with Crippen LogP contribution in [-0.2, 0) is 9.84 Å². The number of nitrogens with one attached hydrogen (secondary N) is 1. The average molecular weight is 355 g/mol. The Kier molecular flexibility index (Phi) is 4.10. The predicted molar refractivity (Wildman–Crippen MR) is 93.0 cm³/mol. The second-order valence-corrected chi connectivity index (χ2v) is 9.82. The normalized spacial score (nSPS) is 19.8. The SMILES string of the molecule is Cc1nc(NCC2(O)CCS(=O)(=O)CC2)c2c(C)c(C)sc2n1. The number of rotatable bonds is 3. The molecule has 0 saturated carbocycles. The topological polar surface area (TPSA) is 92.2 Å². The number of sulfone groups is 1. The number of thiophene rings is 1. The van der Waals surface area contributed by atoms with Gasteiger partial charge >= 0.3 is 0 Å². The van der Waals surface area contributed by atoms with Gasteiger partial charge in [-0.15, -0.1) is 11.3 Å². The van der Waals surface area contributed by atoms with Crippen LogP contribution < -0.4 is 5.32 Å². The minimum atomic E-state index is -2.99. The number of aliphatic hydroxyl groups is 1. The predicted octanol–water partition coefficient (Wildman–Crippen LogP) is 1.97. The van der Waals surface area contributed by atoms with Crippen LogP contribution in [0, 0.1) is 20.8 Å². The first-order valence-corrected chi connectivity index (χ1v) is 10.2. The molecule has 2 N–H and O–H groups in total. The Labute approximate surface area is 139 Å². The van der Waals surface area contributed by atoms with Gasteiger partial charge in [-0.1, -0.05) is 0 Å². The Morgan fingerprint density at radius 3 is 2.52 bits per heavy atom. The highest BCUT2D eigenvalue weighted by molar-refractivity contribution is 7.91. The van der Waals surface area contributed by atoms with Gasteiger partial charge in [-0.2, -0.15) is 0 Å². The van der Waals surface area contributed by atoms with Crippen LogP contribution in [0.1, 0.15) is 29.1 Å². The molecule has 3 rings (SSSR count). The molecule has 126 valence electrons. The highest BCUT2D eigenvalue weighted by Gasteiger charge is 2.35. The van der Waals surface area contributed by atoms with E-state index in [1.54, 1.807) is 11.3 Å². The maximum absolute atomic E-state index is 11.5. The Hall–Kier alpha value is -1.25. The number of anilines is 1. The van der Waals surface area contributed by atoms with Crippen molar-refractivity contribution in [1.82, 2.24) is 9.97 Å². The standard InChI is InChI=1S/C15H21N3O3S2/c1-9-10(2)22-14-12(9)13(17-11(3)18-14)16-8-15(19)4-6-23(20,21)7-5-15/h19H,4-8H2,1-3H3,(H,16,17,18). The maximum atomic E-state index is 11.5. The van der Waals surface area contributed by atoms with E-state index in [9.17, 15) is 13.5 Å². The highest BCUT2D eigenvalue weighted by atomic mass is 32.2. The third-order valence-electron chi connectivity index (χ3n) is 4.48. The third kappa shape index (κ3) is 3.34. The van der Waals surface area contributed by atoms with E-state index >= 15 is 0 Å². The third-order valence-corrected chi connectivity index (χ3v) is 7.24. The lowest BCUT2D eigenvalue weighted by Gasteiger charge is -2.32. The van der Waals surface area contributed by atoms with Gasteiger partial charge in [0, 0.05) is 11.4 Å². The lowest BCUT2D eigenvalue weighted by molar-refractivity contribution is 0.0436. The van der Waals surface area contributed by atoms with Gasteiger partial charge in [-0.25, -0.2) is 18.4 Å². The van der Waals surface area contributed by atoms with Crippen molar-refractivity contribution in [2.45, 2.75) is 39.2 Å². The summed E-state index contributed by atoms with van der Waals surface area (Å²) in [6.07, 6.45) is 0.522. The van der Waals surface area contributed by atoms with Crippen molar-refractivity contribution < 1.29 is 13.5 Å². The first-order valence-electron chi connectivity index (χ1n) is 7.60. The minimum Gasteiger partial charge on any atom is -0.388 e. The number of aromatic nitrogens is 2.